The Morgan fingerprint density at radius 1 is 0.885 bits per heavy atom. The molecule has 0 unspecified atom stereocenters. The number of aromatic nitrogens is 1. The van der Waals surface area contributed by atoms with Crippen molar-refractivity contribution >= 4 is 39.1 Å². The van der Waals surface area contributed by atoms with Gasteiger partial charge in [-0.25, -0.2) is 4.98 Å². The molecule has 0 atom stereocenters. The molecule has 128 valence electrons. The van der Waals surface area contributed by atoms with Crippen LogP contribution in [0.4, 0.5) is 11.4 Å². The molecule has 0 radical (unpaired) electrons. The second-order valence-corrected chi connectivity index (χ2v) is 6.10. The van der Waals surface area contributed by atoms with Crippen molar-refractivity contribution in [2.75, 3.05) is 12.4 Å². The minimum atomic E-state index is -0.239. The molecule has 0 spiro atoms. The van der Waals surface area contributed by atoms with Gasteiger partial charge in [0.15, 0.2) is 0 Å². The number of nitrogens with zero attached hydrogens (tertiary/aromatic N) is 1. The fourth-order valence-corrected chi connectivity index (χ4v) is 3.06. The van der Waals surface area contributed by atoms with Crippen LogP contribution in [0.25, 0.3) is 21.8 Å². The molecule has 0 bridgehead atoms. The molecule has 1 aromatic heterocycles. The van der Waals surface area contributed by atoms with E-state index in [1.165, 1.54) is 7.11 Å². The first-order chi connectivity index (χ1) is 12.7. The Kier molecular flexibility index (Phi) is 4.23. The Morgan fingerprint density at radius 2 is 1.46 bits per heavy atom. The van der Waals surface area contributed by atoms with E-state index in [9.17, 15) is 4.79 Å². The van der Waals surface area contributed by atoms with Crippen LogP contribution in [0.2, 0.25) is 0 Å². The van der Waals surface area contributed by atoms with Crippen molar-refractivity contribution < 1.29 is 9.53 Å². The maximum absolute atomic E-state index is 11.4. The molecule has 1 heterocycles. The highest BCUT2D eigenvalue weighted by atomic mass is 16.5. The van der Waals surface area contributed by atoms with Gasteiger partial charge in [-0.3, -0.25) is 4.79 Å². The van der Waals surface area contributed by atoms with E-state index < -0.39 is 0 Å². The number of rotatable bonds is 4. The summed E-state index contributed by atoms with van der Waals surface area (Å²) in [7, 11) is 1.40. The van der Waals surface area contributed by atoms with Gasteiger partial charge in [0.2, 0.25) is 0 Å². The molecule has 4 aromatic rings. The number of esters is 1. The number of hydrogen-bond acceptors (Lipinski definition) is 4. The molecule has 4 nitrogen and oxygen atoms in total. The maximum atomic E-state index is 11.4. The average Bonchev–Trinajstić information content (AvgIpc) is 2.69. The van der Waals surface area contributed by atoms with E-state index in [4.69, 9.17) is 9.72 Å². The number of methoxy groups -OCH3 is 1. The van der Waals surface area contributed by atoms with Gasteiger partial charge in [0.25, 0.3) is 0 Å². The minimum Gasteiger partial charge on any atom is -0.469 e. The van der Waals surface area contributed by atoms with Crippen LogP contribution in [-0.2, 0) is 16.0 Å². The van der Waals surface area contributed by atoms with Gasteiger partial charge in [0.05, 0.1) is 30.3 Å². The first-order valence-electron chi connectivity index (χ1n) is 8.45. The lowest BCUT2D eigenvalue weighted by Gasteiger charge is -2.13. The zero-order valence-corrected chi connectivity index (χ0v) is 14.4. The number of para-hydroxylation sites is 2. The SMILES string of the molecule is COC(=O)Cc1ccc(Nc2c3ccccc3nc3ccccc23)cc1. The third kappa shape index (κ3) is 3.09. The summed E-state index contributed by atoms with van der Waals surface area (Å²) < 4.78 is 4.71. The van der Waals surface area contributed by atoms with Crippen molar-refractivity contribution in [3.05, 3.63) is 78.4 Å². The summed E-state index contributed by atoms with van der Waals surface area (Å²) in [6, 6.07) is 24.0. The second kappa shape index (κ2) is 6.84. The number of nitrogens with one attached hydrogen (secondary N) is 1. The normalized spacial score (nSPS) is 10.8. The fourth-order valence-electron chi connectivity index (χ4n) is 3.06. The topological polar surface area (TPSA) is 51.2 Å². The molecule has 0 aliphatic rings. The molecular weight excluding hydrogens is 324 g/mol. The van der Waals surface area contributed by atoms with Gasteiger partial charge in [-0.05, 0) is 29.8 Å². The van der Waals surface area contributed by atoms with Crippen LogP contribution in [0.1, 0.15) is 5.56 Å². The Bertz CT molecular complexity index is 1030. The van der Waals surface area contributed by atoms with Crippen molar-refractivity contribution in [3.8, 4) is 0 Å². The minimum absolute atomic E-state index is 0.239. The highest BCUT2D eigenvalue weighted by molar-refractivity contribution is 6.08. The van der Waals surface area contributed by atoms with E-state index >= 15 is 0 Å². The van der Waals surface area contributed by atoms with Crippen LogP contribution in [0.15, 0.2) is 72.8 Å². The van der Waals surface area contributed by atoms with Crippen molar-refractivity contribution in [3.63, 3.8) is 0 Å². The van der Waals surface area contributed by atoms with Gasteiger partial charge in [0, 0.05) is 16.5 Å². The standard InChI is InChI=1S/C22H18N2O2/c1-26-21(25)14-15-10-12-16(13-11-15)23-22-17-6-2-4-8-19(17)24-20-9-5-3-7-18(20)22/h2-13H,14H2,1H3,(H,23,24). The van der Waals surface area contributed by atoms with Crippen LogP contribution in [0.5, 0.6) is 0 Å². The Hall–Kier alpha value is -3.40. The van der Waals surface area contributed by atoms with Crippen molar-refractivity contribution in [2.24, 2.45) is 0 Å². The quantitative estimate of drug-likeness (QED) is 0.426. The van der Waals surface area contributed by atoms with Crippen LogP contribution >= 0.6 is 0 Å². The van der Waals surface area contributed by atoms with Gasteiger partial charge in [-0.1, -0.05) is 48.5 Å². The van der Waals surface area contributed by atoms with Gasteiger partial charge < -0.3 is 10.1 Å². The maximum Gasteiger partial charge on any atom is 0.309 e. The van der Waals surface area contributed by atoms with E-state index in [0.717, 1.165) is 38.7 Å². The van der Waals surface area contributed by atoms with E-state index in [1.807, 2.05) is 60.7 Å². The third-order valence-electron chi connectivity index (χ3n) is 4.39. The number of hydrogen-bond donors (Lipinski definition) is 1. The molecule has 0 aliphatic carbocycles. The highest BCUT2D eigenvalue weighted by Gasteiger charge is 2.09. The predicted octanol–water partition coefficient (Wildman–Crippen LogP) is 4.85. The molecule has 4 rings (SSSR count). The monoisotopic (exact) mass is 342 g/mol. The molecule has 26 heavy (non-hydrogen) atoms. The number of pyridine rings is 1. The lowest BCUT2D eigenvalue weighted by Crippen LogP contribution is -2.04. The van der Waals surface area contributed by atoms with Crippen molar-refractivity contribution in [1.29, 1.82) is 0 Å². The number of carbonyl (C=O) groups excluding carboxylic acids is 1. The van der Waals surface area contributed by atoms with E-state index in [0.29, 0.717) is 0 Å². The lowest BCUT2D eigenvalue weighted by atomic mass is 10.1. The number of benzene rings is 3. The molecule has 0 saturated carbocycles. The molecule has 3 aromatic carbocycles. The summed E-state index contributed by atoms with van der Waals surface area (Å²) in [6.07, 6.45) is 0.276. The zero-order chi connectivity index (χ0) is 17.9. The summed E-state index contributed by atoms with van der Waals surface area (Å²) in [5.74, 6) is -0.239. The summed E-state index contributed by atoms with van der Waals surface area (Å²) in [5.41, 5.74) is 4.82. The fraction of sp³-hybridized carbons (Fsp3) is 0.0909. The zero-order valence-electron chi connectivity index (χ0n) is 14.4. The smallest absolute Gasteiger partial charge is 0.309 e. The Labute approximate surface area is 151 Å². The number of ether oxygens (including phenoxy) is 1. The summed E-state index contributed by atoms with van der Waals surface area (Å²) in [5, 5.41) is 5.68. The van der Waals surface area contributed by atoms with Crippen LogP contribution in [0.3, 0.4) is 0 Å². The van der Waals surface area contributed by atoms with Gasteiger partial charge in [0.1, 0.15) is 0 Å². The molecule has 0 amide bonds. The molecule has 0 aliphatic heterocycles. The molecule has 1 N–H and O–H groups in total. The predicted molar refractivity (Wildman–Crippen MR) is 105 cm³/mol. The number of carbonyl (C=O) groups is 1. The van der Waals surface area contributed by atoms with Crippen LogP contribution in [0, 0.1) is 0 Å². The largest absolute Gasteiger partial charge is 0.469 e. The highest BCUT2D eigenvalue weighted by Crippen LogP contribution is 2.32. The van der Waals surface area contributed by atoms with E-state index in [2.05, 4.69) is 17.4 Å². The Balaban J connectivity index is 1.75. The molecule has 4 heteroatoms. The van der Waals surface area contributed by atoms with Gasteiger partial charge in [-0.15, -0.1) is 0 Å². The van der Waals surface area contributed by atoms with E-state index in [-0.39, 0.29) is 12.4 Å². The summed E-state index contributed by atoms with van der Waals surface area (Å²) >= 11 is 0. The summed E-state index contributed by atoms with van der Waals surface area (Å²) in [4.78, 5) is 16.2. The third-order valence-corrected chi connectivity index (χ3v) is 4.39. The van der Waals surface area contributed by atoms with E-state index in [1.54, 1.807) is 0 Å². The first-order valence-corrected chi connectivity index (χ1v) is 8.45. The summed E-state index contributed by atoms with van der Waals surface area (Å²) in [6.45, 7) is 0. The average molecular weight is 342 g/mol. The second-order valence-electron chi connectivity index (χ2n) is 6.10. The Morgan fingerprint density at radius 3 is 2.04 bits per heavy atom. The van der Waals surface area contributed by atoms with Crippen molar-refractivity contribution in [1.82, 2.24) is 4.98 Å². The van der Waals surface area contributed by atoms with Gasteiger partial charge >= 0.3 is 5.97 Å². The number of anilines is 2. The molecule has 0 fully saturated rings. The van der Waals surface area contributed by atoms with Crippen LogP contribution < -0.4 is 5.32 Å². The van der Waals surface area contributed by atoms with Crippen molar-refractivity contribution in [2.45, 2.75) is 6.42 Å². The molecular formula is C22H18N2O2. The van der Waals surface area contributed by atoms with Gasteiger partial charge in [-0.2, -0.15) is 0 Å². The number of fused-ring (bicyclic) bond motifs is 2. The first kappa shape index (κ1) is 16.1. The molecule has 0 saturated heterocycles. The van der Waals surface area contributed by atoms with Crippen LogP contribution in [-0.4, -0.2) is 18.1 Å². The lowest BCUT2D eigenvalue weighted by molar-refractivity contribution is -0.139.